The van der Waals surface area contributed by atoms with Crippen molar-refractivity contribution in [1.82, 2.24) is 5.32 Å². The third kappa shape index (κ3) is 5.49. The maximum atomic E-state index is 11.5. The van der Waals surface area contributed by atoms with Crippen LogP contribution in [-0.4, -0.2) is 36.9 Å². The second-order valence-electron chi connectivity index (χ2n) is 6.88. The van der Waals surface area contributed by atoms with Crippen LogP contribution >= 0.6 is 0 Å². The number of aliphatic hydroxyl groups is 1. The molecule has 4 nitrogen and oxygen atoms in total. The summed E-state index contributed by atoms with van der Waals surface area (Å²) in [7, 11) is 1.58. The number of hydrogen-bond acceptors (Lipinski definition) is 3. The van der Waals surface area contributed by atoms with Crippen molar-refractivity contribution < 1.29 is 14.6 Å². The van der Waals surface area contributed by atoms with Gasteiger partial charge in [0.15, 0.2) is 0 Å². The molecule has 0 aromatic rings. The van der Waals surface area contributed by atoms with Gasteiger partial charge in [-0.25, -0.2) is 0 Å². The lowest BCUT2D eigenvalue weighted by atomic mass is 9.68. The summed E-state index contributed by atoms with van der Waals surface area (Å²) in [6.07, 6.45) is 3.98. The van der Waals surface area contributed by atoms with E-state index in [1.165, 1.54) is 0 Å². The lowest BCUT2D eigenvalue weighted by Gasteiger charge is -2.41. The minimum Gasteiger partial charge on any atom is -0.388 e. The molecule has 4 heteroatoms. The fourth-order valence-corrected chi connectivity index (χ4v) is 2.74. The zero-order valence-corrected chi connectivity index (χ0v) is 12.8. The highest BCUT2D eigenvalue weighted by Crippen LogP contribution is 2.41. The molecule has 1 fully saturated rings. The molecule has 0 spiro atoms. The van der Waals surface area contributed by atoms with Crippen LogP contribution in [0.1, 0.15) is 52.9 Å². The average molecular weight is 271 g/mol. The molecule has 0 aromatic heterocycles. The molecule has 1 saturated carbocycles. The van der Waals surface area contributed by atoms with E-state index in [-0.39, 0.29) is 5.91 Å². The maximum absolute atomic E-state index is 11.5. The van der Waals surface area contributed by atoms with Gasteiger partial charge in [-0.2, -0.15) is 0 Å². The van der Waals surface area contributed by atoms with Crippen molar-refractivity contribution in [2.45, 2.75) is 58.5 Å². The largest absolute Gasteiger partial charge is 0.388 e. The van der Waals surface area contributed by atoms with E-state index in [2.05, 4.69) is 26.1 Å². The van der Waals surface area contributed by atoms with Crippen LogP contribution in [0.3, 0.4) is 0 Å². The number of amides is 1. The molecule has 1 aliphatic carbocycles. The van der Waals surface area contributed by atoms with Crippen LogP contribution in [0.2, 0.25) is 0 Å². The molecule has 0 saturated heterocycles. The molecule has 0 unspecified atom stereocenters. The number of methoxy groups -OCH3 is 1. The minimum absolute atomic E-state index is 0.0479. The molecule has 1 amide bonds. The second kappa shape index (κ2) is 6.71. The number of hydrogen-bond donors (Lipinski definition) is 2. The molecule has 0 radical (unpaired) electrons. The highest BCUT2D eigenvalue weighted by Gasteiger charge is 2.37. The second-order valence-corrected chi connectivity index (χ2v) is 6.88. The van der Waals surface area contributed by atoms with Crippen LogP contribution in [0.4, 0.5) is 0 Å². The van der Waals surface area contributed by atoms with Crippen LogP contribution in [0.5, 0.6) is 0 Å². The van der Waals surface area contributed by atoms with Crippen molar-refractivity contribution in [2.24, 2.45) is 11.3 Å². The normalized spacial score (nSPS) is 28.2. The van der Waals surface area contributed by atoms with Crippen LogP contribution in [0.25, 0.3) is 0 Å². The summed E-state index contributed by atoms with van der Waals surface area (Å²) in [6.45, 7) is 7.57. The molecule has 1 rings (SSSR count). The van der Waals surface area contributed by atoms with Gasteiger partial charge in [-0.3, -0.25) is 4.79 Å². The third-order valence-electron chi connectivity index (χ3n) is 4.29. The van der Waals surface area contributed by atoms with Crippen LogP contribution in [0.15, 0.2) is 0 Å². The van der Waals surface area contributed by atoms with Crippen LogP contribution < -0.4 is 5.32 Å². The predicted octanol–water partition coefficient (Wildman–Crippen LogP) is 2.11. The van der Waals surface area contributed by atoms with Crippen molar-refractivity contribution >= 4 is 5.91 Å². The van der Waals surface area contributed by atoms with Gasteiger partial charge in [0.1, 0.15) is 0 Å². The summed E-state index contributed by atoms with van der Waals surface area (Å²) in [5.74, 6) is 0.616. The van der Waals surface area contributed by atoms with E-state index in [9.17, 15) is 9.90 Å². The molecular weight excluding hydrogens is 242 g/mol. The molecule has 112 valence electrons. The third-order valence-corrected chi connectivity index (χ3v) is 4.29. The minimum atomic E-state index is -0.718. The Morgan fingerprint density at radius 2 is 1.95 bits per heavy atom. The van der Waals surface area contributed by atoms with Gasteiger partial charge in [-0.05, 0) is 37.0 Å². The van der Waals surface area contributed by atoms with E-state index in [1.807, 2.05) is 0 Å². The number of rotatable bonds is 5. The first-order valence-electron chi connectivity index (χ1n) is 7.25. The van der Waals surface area contributed by atoms with Gasteiger partial charge in [0, 0.05) is 20.1 Å². The van der Waals surface area contributed by atoms with E-state index < -0.39 is 5.60 Å². The Bertz CT molecular complexity index is 288. The number of nitrogens with one attached hydrogen (secondary N) is 1. The van der Waals surface area contributed by atoms with E-state index in [1.54, 1.807) is 7.11 Å². The van der Waals surface area contributed by atoms with E-state index >= 15 is 0 Å². The quantitative estimate of drug-likeness (QED) is 0.805. The SMILES string of the molecule is COCCC(=O)NCC1(O)CCC(C(C)(C)C)CC1. The van der Waals surface area contributed by atoms with Crippen molar-refractivity contribution in [1.29, 1.82) is 0 Å². The summed E-state index contributed by atoms with van der Waals surface area (Å²) in [6, 6.07) is 0. The molecule has 0 aromatic carbocycles. The Hall–Kier alpha value is -0.610. The number of carbonyl (C=O) groups is 1. The van der Waals surface area contributed by atoms with Crippen LogP contribution in [-0.2, 0) is 9.53 Å². The highest BCUT2D eigenvalue weighted by atomic mass is 16.5. The summed E-state index contributed by atoms with van der Waals surface area (Å²) in [4.78, 5) is 11.5. The van der Waals surface area contributed by atoms with Gasteiger partial charge in [0.05, 0.1) is 12.2 Å². The zero-order chi connectivity index (χ0) is 14.5. The van der Waals surface area contributed by atoms with Gasteiger partial charge >= 0.3 is 0 Å². The fraction of sp³-hybridized carbons (Fsp3) is 0.933. The van der Waals surface area contributed by atoms with Crippen LogP contribution in [0, 0.1) is 11.3 Å². The first kappa shape index (κ1) is 16.4. The van der Waals surface area contributed by atoms with E-state index in [4.69, 9.17) is 4.74 Å². The molecule has 1 aliphatic rings. The Kier molecular flexibility index (Phi) is 5.81. The standard InChI is InChI=1S/C15H29NO3/c1-14(2,3)12-5-8-15(18,9-6-12)11-16-13(17)7-10-19-4/h12,18H,5-11H2,1-4H3,(H,16,17). The first-order chi connectivity index (χ1) is 8.77. The monoisotopic (exact) mass is 271 g/mol. The molecule has 0 aliphatic heterocycles. The molecule has 0 heterocycles. The lowest BCUT2D eigenvalue weighted by Crippen LogP contribution is -2.46. The Morgan fingerprint density at radius 3 is 2.42 bits per heavy atom. The molecular formula is C15H29NO3. The number of ether oxygens (including phenoxy) is 1. The summed E-state index contributed by atoms with van der Waals surface area (Å²) in [5, 5.41) is 13.3. The first-order valence-corrected chi connectivity index (χ1v) is 7.25. The van der Waals surface area contributed by atoms with Crippen molar-refractivity contribution in [3.05, 3.63) is 0 Å². The molecule has 0 atom stereocenters. The van der Waals surface area contributed by atoms with E-state index in [0.717, 1.165) is 25.7 Å². The van der Waals surface area contributed by atoms with Gasteiger partial charge in [-0.15, -0.1) is 0 Å². The number of carbonyl (C=O) groups excluding carboxylic acids is 1. The topological polar surface area (TPSA) is 58.6 Å². The van der Waals surface area contributed by atoms with E-state index in [0.29, 0.717) is 30.9 Å². The highest BCUT2D eigenvalue weighted by molar-refractivity contribution is 5.76. The van der Waals surface area contributed by atoms with Gasteiger partial charge in [-0.1, -0.05) is 20.8 Å². The van der Waals surface area contributed by atoms with Crippen molar-refractivity contribution in [3.8, 4) is 0 Å². The van der Waals surface area contributed by atoms with Gasteiger partial charge < -0.3 is 15.2 Å². The molecule has 0 bridgehead atoms. The smallest absolute Gasteiger partial charge is 0.222 e. The Morgan fingerprint density at radius 1 is 1.37 bits per heavy atom. The van der Waals surface area contributed by atoms with Gasteiger partial charge in [0.2, 0.25) is 5.91 Å². The Balaban J connectivity index is 2.33. The molecule has 19 heavy (non-hydrogen) atoms. The fourth-order valence-electron chi connectivity index (χ4n) is 2.74. The Labute approximate surface area is 116 Å². The predicted molar refractivity (Wildman–Crippen MR) is 75.9 cm³/mol. The summed E-state index contributed by atoms with van der Waals surface area (Å²) < 4.78 is 4.86. The lowest BCUT2D eigenvalue weighted by molar-refractivity contribution is -0.123. The average Bonchev–Trinajstić information content (AvgIpc) is 2.33. The van der Waals surface area contributed by atoms with Crippen molar-refractivity contribution in [3.63, 3.8) is 0 Å². The maximum Gasteiger partial charge on any atom is 0.222 e. The molecule has 2 N–H and O–H groups in total. The van der Waals surface area contributed by atoms with Crippen molar-refractivity contribution in [2.75, 3.05) is 20.3 Å². The van der Waals surface area contributed by atoms with Gasteiger partial charge in [0.25, 0.3) is 0 Å². The zero-order valence-electron chi connectivity index (χ0n) is 12.8. The summed E-state index contributed by atoms with van der Waals surface area (Å²) >= 11 is 0. The summed E-state index contributed by atoms with van der Waals surface area (Å²) in [5.41, 5.74) is -0.409.